The van der Waals surface area contributed by atoms with E-state index in [0.717, 1.165) is 67.8 Å². The third-order valence-corrected chi connectivity index (χ3v) is 7.78. The molecule has 1 aliphatic rings. The van der Waals surface area contributed by atoms with Gasteiger partial charge in [0.2, 0.25) is 5.13 Å². The first-order valence-corrected chi connectivity index (χ1v) is 14.4. The Kier molecular flexibility index (Phi) is 10.6. The molecular weight excluding hydrogens is 525 g/mol. The number of likely N-dealkylation sites (tertiary alicyclic amines) is 1. The topological polar surface area (TPSA) is 53.0 Å². The van der Waals surface area contributed by atoms with Crippen LogP contribution < -0.4 is 10.1 Å². The molecule has 37 heavy (non-hydrogen) atoms. The summed E-state index contributed by atoms with van der Waals surface area (Å²) < 4.78 is 5.95. The summed E-state index contributed by atoms with van der Waals surface area (Å²) in [6.45, 7) is 4.88. The third-order valence-electron chi connectivity index (χ3n) is 6.29. The van der Waals surface area contributed by atoms with E-state index in [0.29, 0.717) is 16.1 Å². The lowest BCUT2D eigenvalue weighted by Gasteiger charge is -2.32. The predicted molar refractivity (Wildman–Crippen MR) is 157 cm³/mol. The highest BCUT2D eigenvalue weighted by atomic mass is 35.5. The number of rotatable bonds is 12. The molecule has 1 aliphatic heterocycles. The molecule has 0 aliphatic carbocycles. The van der Waals surface area contributed by atoms with Crippen molar-refractivity contribution in [3.05, 3.63) is 63.5 Å². The molecule has 0 spiro atoms. The quantitative estimate of drug-likeness (QED) is 0.151. The van der Waals surface area contributed by atoms with Gasteiger partial charge in [-0.25, -0.2) is 9.98 Å². The Morgan fingerprint density at radius 2 is 1.89 bits per heavy atom. The standard InChI is InChI=1S/C28H35Cl2N5OS/c1-34(2)20-32-28-33-27(19-37-28)22-6-8-24(9-7-22)36-16-4-3-13-31-23-11-14-35(15-12-23)18-21-5-10-25(29)26(30)17-21/h5-10,17,19-20,23,31H,3-4,11-16,18H2,1-2H3. The van der Waals surface area contributed by atoms with Gasteiger partial charge in [-0.05, 0) is 87.3 Å². The van der Waals surface area contributed by atoms with E-state index in [1.807, 2.05) is 48.6 Å². The predicted octanol–water partition coefficient (Wildman–Crippen LogP) is 6.75. The van der Waals surface area contributed by atoms with E-state index < -0.39 is 0 Å². The van der Waals surface area contributed by atoms with Crippen molar-refractivity contribution >= 4 is 46.0 Å². The average Bonchev–Trinajstić information content (AvgIpc) is 3.37. The number of hydrogen-bond donors (Lipinski definition) is 1. The van der Waals surface area contributed by atoms with Crippen LogP contribution in [-0.2, 0) is 6.54 Å². The Balaban J connectivity index is 1.08. The van der Waals surface area contributed by atoms with Crippen molar-refractivity contribution < 1.29 is 4.74 Å². The Bertz CT molecular complexity index is 1140. The van der Waals surface area contributed by atoms with Crippen LogP contribution in [0.5, 0.6) is 5.75 Å². The Hall–Kier alpha value is -2.16. The molecule has 0 radical (unpaired) electrons. The van der Waals surface area contributed by atoms with Crippen molar-refractivity contribution in [1.29, 1.82) is 0 Å². The van der Waals surface area contributed by atoms with Crippen LogP contribution in [0.4, 0.5) is 5.13 Å². The molecule has 3 aromatic rings. The van der Waals surface area contributed by atoms with Crippen LogP contribution in [0.25, 0.3) is 11.3 Å². The van der Waals surface area contributed by atoms with E-state index in [9.17, 15) is 0 Å². The van der Waals surface area contributed by atoms with Gasteiger partial charge in [0.1, 0.15) is 5.75 Å². The Morgan fingerprint density at radius 1 is 1.11 bits per heavy atom. The number of thiazole rings is 1. The smallest absolute Gasteiger partial charge is 0.211 e. The monoisotopic (exact) mass is 559 g/mol. The number of nitrogens with one attached hydrogen (secondary N) is 1. The van der Waals surface area contributed by atoms with Gasteiger partial charge in [-0.1, -0.05) is 29.3 Å². The van der Waals surface area contributed by atoms with E-state index in [-0.39, 0.29) is 0 Å². The van der Waals surface area contributed by atoms with Crippen molar-refractivity contribution in [3.63, 3.8) is 0 Å². The van der Waals surface area contributed by atoms with Crippen molar-refractivity contribution in [3.8, 4) is 17.0 Å². The molecule has 1 saturated heterocycles. The Morgan fingerprint density at radius 3 is 2.62 bits per heavy atom. The molecule has 0 amide bonds. The van der Waals surface area contributed by atoms with Crippen LogP contribution in [0, 0.1) is 0 Å². The highest BCUT2D eigenvalue weighted by Gasteiger charge is 2.18. The number of unbranched alkanes of at least 4 members (excludes halogenated alkanes) is 1. The Labute approximate surface area is 234 Å². The molecule has 1 aromatic heterocycles. The summed E-state index contributed by atoms with van der Waals surface area (Å²) in [5, 5.41) is 7.76. The van der Waals surface area contributed by atoms with Crippen LogP contribution in [0.3, 0.4) is 0 Å². The van der Waals surface area contributed by atoms with E-state index in [1.165, 1.54) is 29.7 Å². The zero-order valence-electron chi connectivity index (χ0n) is 21.5. The number of nitrogens with zero attached hydrogens (tertiary/aromatic N) is 4. The summed E-state index contributed by atoms with van der Waals surface area (Å²) in [6.07, 6.45) is 6.25. The molecule has 1 fully saturated rings. The van der Waals surface area contributed by atoms with Crippen molar-refractivity contribution in [2.24, 2.45) is 4.99 Å². The van der Waals surface area contributed by atoms with Gasteiger partial charge >= 0.3 is 0 Å². The number of aliphatic imine (C=N–C) groups is 1. The zero-order valence-corrected chi connectivity index (χ0v) is 23.8. The highest BCUT2D eigenvalue weighted by molar-refractivity contribution is 7.13. The molecule has 1 N–H and O–H groups in total. The fraction of sp³-hybridized carbons (Fsp3) is 0.429. The maximum atomic E-state index is 6.15. The molecular formula is C28H35Cl2N5OS. The summed E-state index contributed by atoms with van der Waals surface area (Å²) in [7, 11) is 3.89. The molecule has 0 unspecified atom stereocenters. The number of piperidine rings is 1. The van der Waals surface area contributed by atoms with E-state index in [1.54, 1.807) is 6.34 Å². The van der Waals surface area contributed by atoms with Crippen LogP contribution in [-0.4, -0.2) is 67.5 Å². The van der Waals surface area contributed by atoms with Crippen LogP contribution >= 0.6 is 34.5 Å². The SMILES string of the molecule is CN(C)C=Nc1nc(-c2ccc(OCCCCNC3CCN(Cc4ccc(Cl)c(Cl)c4)CC3)cc2)cs1. The summed E-state index contributed by atoms with van der Waals surface area (Å²) in [6, 6.07) is 14.7. The maximum absolute atomic E-state index is 6.15. The van der Waals surface area contributed by atoms with Gasteiger partial charge in [0, 0.05) is 37.6 Å². The zero-order chi connectivity index (χ0) is 26.0. The van der Waals surface area contributed by atoms with Gasteiger partial charge in [-0.2, -0.15) is 0 Å². The molecule has 6 nitrogen and oxygen atoms in total. The van der Waals surface area contributed by atoms with Gasteiger partial charge < -0.3 is 15.0 Å². The molecule has 2 heterocycles. The van der Waals surface area contributed by atoms with Gasteiger partial charge in [0.05, 0.1) is 28.7 Å². The summed E-state index contributed by atoms with van der Waals surface area (Å²) in [4.78, 5) is 13.3. The van der Waals surface area contributed by atoms with Crippen molar-refractivity contribution in [2.75, 3.05) is 40.3 Å². The third kappa shape index (κ3) is 8.97. The van der Waals surface area contributed by atoms with E-state index in [4.69, 9.17) is 27.9 Å². The van der Waals surface area contributed by atoms with Gasteiger partial charge in [0.25, 0.3) is 0 Å². The largest absolute Gasteiger partial charge is 0.494 e. The molecule has 198 valence electrons. The molecule has 4 rings (SSSR count). The van der Waals surface area contributed by atoms with Gasteiger partial charge in [-0.3, -0.25) is 4.90 Å². The van der Waals surface area contributed by atoms with Crippen molar-refractivity contribution in [1.82, 2.24) is 20.1 Å². The first-order chi connectivity index (χ1) is 18.0. The molecule has 9 heteroatoms. The van der Waals surface area contributed by atoms with Crippen LogP contribution in [0.2, 0.25) is 10.0 Å². The minimum absolute atomic E-state index is 0.596. The van der Waals surface area contributed by atoms with Crippen molar-refractivity contribution in [2.45, 2.75) is 38.3 Å². The van der Waals surface area contributed by atoms with Gasteiger partial charge in [-0.15, -0.1) is 11.3 Å². The van der Waals surface area contributed by atoms with Gasteiger partial charge in [0.15, 0.2) is 0 Å². The van der Waals surface area contributed by atoms with Crippen LogP contribution in [0.1, 0.15) is 31.2 Å². The average molecular weight is 561 g/mol. The molecule has 2 aromatic carbocycles. The number of benzene rings is 2. The number of halogens is 2. The second-order valence-corrected chi connectivity index (χ2v) is 11.2. The fourth-order valence-corrected chi connectivity index (χ4v) is 5.24. The molecule has 0 saturated carbocycles. The lowest BCUT2D eigenvalue weighted by atomic mass is 10.0. The lowest BCUT2D eigenvalue weighted by molar-refractivity contribution is 0.190. The molecule has 0 atom stereocenters. The number of ether oxygens (including phenoxy) is 1. The first kappa shape index (κ1) is 27.9. The summed E-state index contributed by atoms with van der Waals surface area (Å²) in [5.41, 5.74) is 3.23. The first-order valence-electron chi connectivity index (χ1n) is 12.8. The molecule has 0 bridgehead atoms. The normalized spacial score (nSPS) is 14.9. The second kappa shape index (κ2) is 14.1. The second-order valence-electron chi connectivity index (χ2n) is 9.56. The van der Waals surface area contributed by atoms with Crippen LogP contribution in [0.15, 0.2) is 52.8 Å². The minimum Gasteiger partial charge on any atom is -0.494 e. The maximum Gasteiger partial charge on any atom is 0.211 e. The number of aromatic nitrogens is 1. The summed E-state index contributed by atoms with van der Waals surface area (Å²) >= 11 is 13.7. The van der Waals surface area contributed by atoms with E-state index in [2.05, 4.69) is 38.4 Å². The number of hydrogen-bond acceptors (Lipinski definition) is 6. The lowest BCUT2D eigenvalue weighted by Crippen LogP contribution is -2.42. The minimum atomic E-state index is 0.596. The summed E-state index contributed by atoms with van der Waals surface area (Å²) in [5.74, 6) is 0.895. The highest BCUT2D eigenvalue weighted by Crippen LogP contribution is 2.28. The van der Waals surface area contributed by atoms with E-state index >= 15 is 0 Å². The fourth-order valence-electron chi connectivity index (χ4n) is 4.26.